The molecule has 0 saturated heterocycles. The number of nitrogens with zero attached hydrogens (tertiary/aromatic N) is 2. The SMILES string of the molecule is COc1ccc(CCNC(=O)C(C)n2nc(-c3ccccc3)c3ccccc32)c(OC)c1OC. The highest BCUT2D eigenvalue weighted by Crippen LogP contribution is 2.39. The van der Waals surface area contributed by atoms with E-state index in [-0.39, 0.29) is 5.91 Å². The van der Waals surface area contributed by atoms with Crippen LogP contribution in [0.5, 0.6) is 17.2 Å². The molecule has 1 atom stereocenters. The van der Waals surface area contributed by atoms with Gasteiger partial charge in [-0.05, 0) is 25.5 Å². The Kier molecular flexibility index (Phi) is 7.01. The summed E-state index contributed by atoms with van der Waals surface area (Å²) in [5.74, 6) is 1.64. The van der Waals surface area contributed by atoms with E-state index in [9.17, 15) is 4.79 Å². The molecule has 0 saturated carbocycles. The van der Waals surface area contributed by atoms with E-state index >= 15 is 0 Å². The molecule has 7 nitrogen and oxygen atoms in total. The van der Waals surface area contributed by atoms with Crippen LogP contribution in [0.25, 0.3) is 22.2 Å². The van der Waals surface area contributed by atoms with Gasteiger partial charge in [0.15, 0.2) is 11.5 Å². The summed E-state index contributed by atoms with van der Waals surface area (Å²) in [5.41, 5.74) is 3.73. The fourth-order valence-electron chi connectivity index (χ4n) is 4.13. The van der Waals surface area contributed by atoms with E-state index < -0.39 is 6.04 Å². The van der Waals surface area contributed by atoms with Gasteiger partial charge in [-0.3, -0.25) is 9.48 Å². The number of rotatable bonds is 9. The third-order valence-corrected chi connectivity index (χ3v) is 5.89. The lowest BCUT2D eigenvalue weighted by Gasteiger charge is -2.17. The molecule has 1 unspecified atom stereocenters. The fourth-order valence-corrected chi connectivity index (χ4v) is 4.13. The Morgan fingerprint density at radius 1 is 0.912 bits per heavy atom. The summed E-state index contributed by atoms with van der Waals surface area (Å²) in [6.07, 6.45) is 0.580. The van der Waals surface area contributed by atoms with Crippen molar-refractivity contribution in [2.24, 2.45) is 0 Å². The van der Waals surface area contributed by atoms with Gasteiger partial charge in [0.2, 0.25) is 11.7 Å². The summed E-state index contributed by atoms with van der Waals surface area (Å²) < 4.78 is 18.1. The highest BCUT2D eigenvalue weighted by molar-refractivity contribution is 5.94. The van der Waals surface area contributed by atoms with E-state index in [0.717, 1.165) is 27.7 Å². The highest BCUT2D eigenvalue weighted by Gasteiger charge is 2.21. The second-order valence-electron chi connectivity index (χ2n) is 7.89. The second-order valence-corrected chi connectivity index (χ2v) is 7.89. The maximum Gasteiger partial charge on any atom is 0.244 e. The average molecular weight is 460 g/mol. The van der Waals surface area contributed by atoms with Gasteiger partial charge < -0.3 is 19.5 Å². The molecular formula is C27H29N3O4. The normalized spacial score (nSPS) is 11.8. The van der Waals surface area contributed by atoms with Crippen molar-refractivity contribution in [2.45, 2.75) is 19.4 Å². The van der Waals surface area contributed by atoms with Gasteiger partial charge >= 0.3 is 0 Å². The van der Waals surface area contributed by atoms with Crippen LogP contribution in [0.2, 0.25) is 0 Å². The van der Waals surface area contributed by atoms with Crippen molar-refractivity contribution in [2.75, 3.05) is 27.9 Å². The summed E-state index contributed by atoms with van der Waals surface area (Å²) in [4.78, 5) is 13.1. The number of fused-ring (bicyclic) bond motifs is 1. The number of hydrogen-bond acceptors (Lipinski definition) is 5. The zero-order chi connectivity index (χ0) is 24.1. The van der Waals surface area contributed by atoms with Crippen molar-refractivity contribution in [1.29, 1.82) is 0 Å². The summed E-state index contributed by atoms with van der Waals surface area (Å²) in [6.45, 7) is 2.31. The number of aromatic nitrogens is 2. The first-order valence-corrected chi connectivity index (χ1v) is 11.2. The van der Waals surface area contributed by atoms with E-state index in [1.807, 2.05) is 73.7 Å². The maximum absolute atomic E-state index is 13.1. The molecule has 0 radical (unpaired) electrons. The largest absolute Gasteiger partial charge is 0.493 e. The molecule has 176 valence electrons. The van der Waals surface area contributed by atoms with Crippen LogP contribution in [-0.2, 0) is 11.2 Å². The molecule has 0 fully saturated rings. The molecule has 4 rings (SSSR count). The predicted molar refractivity (Wildman–Crippen MR) is 133 cm³/mol. The molecule has 1 amide bonds. The number of hydrogen-bond donors (Lipinski definition) is 1. The number of carbonyl (C=O) groups is 1. The van der Waals surface area contributed by atoms with Gasteiger partial charge in [0.25, 0.3) is 0 Å². The monoisotopic (exact) mass is 459 g/mol. The molecule has 0 spiro atoms. The van der Waals surface area contributed by atoms with E-state index in [2.05, 4.69) is 5.32 Å². The van der Waals surface area contributed by atoms with Gasteiger partial charge in [0.1, 0.15) is 11.7 Å². The number of para-hydroxylation sites is 1. The van der Waals surface area contributed by atoms with Gasteiger partial charge in [-0.25, -0.2) is 0 Å². The zero-order valence-electron chi connectivity index (χ0n) is 19.9. The van der Waals surface area contributed by atoms with Crippen molar-refractivity contribution in [3.63, 3.8) is 0 Å². The lowest BCUT2D eigenvalue weighted by molar-refractivity contribution is -0.124. The summed E-state index contributed by atoms with van der Waals surface area (Å²) in [7, 11) is 4.75. The van der Waals surface area contributed by atoms with E-state index in [0.29, 0.717) is 30.2 Å². The quantitative estimate of drug-likeness (QED) is 0.394. The van der Waals surface area contributed by atoms with E-state index in [1.54, 1.807) is 26.0 Å². The number of carbonyl (C=O) groups excluding carboxylic acids is 1. The van der Waals surface area contributed by atoms with E-state index in [1.165, 1.54) is 0 Å². The first-order chi connectivity index (χ1) is 16.6. The van der Waals surface area contributed by atoms with Crippen LogP contribution in [0.3, 0.4) is 0 Å². The number of methoxy groups -OCH3 is 3. The highest BCUT2D eigenvalue weighted by atomic mass is 16.5. The van der Waals surface area contributed by atoms with Gasteiger partial charge in [-0.1, -0.05) is 54.6 Å². The van der Waals surface area contributed by atoms with Crippen molar-refractivity contribution in [3.05, 3.63) is 72.3 Å². The van der Waals surface area contributed by atoms with Gasteiger partial charge in [0.05, 0.1) is 26.8 Å². The number of amides is 1. The molecule has 1 heterocycles. The second kappa shape index (κ2) is 10.3. The third-order valence-electron chi connectivity index (χ3n) is 5.89. The molecule has 1 aromatic heterocycles. The van der Waals surface area contributed by atoms with Crippen LogP contribution < -0.4 is 19.5 Å². The van der Waals surface area contributed by atoms with Crippen molar-refractivity contribution < 1.29 is 19.0 Å². The van der Waals surface area contributed by atoms with Crippen LogP contribution >= 0.6 is 0 Å². The van der Waals surface area contributed by atoms with Crippen LogP contribution in [-0.4, -0.2) is 43.6 Å². The molecule has 0 aliphatic rings. The molecule has 1 N–H and O–H groups in total. The molecule has 7 heteroatoms. The maximum atomic E-state index is 13.1. The summed E-state index contributed by atoms with van der Waals surface area (Å²) >= 11 is 0. The standard InChI is InChI=1S/C27H29N3O4/c1-18(27(31)28-17-16-20-14-15-23(32-2)26(34-4)25(20)33-3)30-22-13-9-8-12-21(22)24(29-30)19-10-6-5-7-11-19/h5-15,18H,16-17H2,1-4H3,(H,28,31). The Morgan fingerprint density at radius 3 is 2.32 bits per heavy atom. The summed E-state index contributed by atoms with van der Waals surface area (Å²) in [5, 5.41) is 8.87. The number of ether oxygens (including phenoxy) is 3. The van der Waals surface area contributed by atoms with Crippen molar-refractivity contribution >= 4 is 16.8 Å². The molecule has 3 aromatic carbocycles. The molecule has 0 aliphatic carbocycles. The number of nitrogens with one attached hydrogen (secondary N) is 1. The minimum atomic E-state index is -0.477. The zero-order valence-corrected chi connectivity index (χ0v) is 19.9. The minimum Gasteiger partial charge on any atom is -0.493 e. The third kappa shape index (κ3) is 4.41. The van der Waals surface area contributed by atoms with Gasteiger partial charge in [-0.15, -0.1) is 0 Å². The fraction of sp³-hybridized carbons (Fsp3) is 0.259. The first kappa shape index (κ1) is 23.2. The molecule has 0 aliphatic heterocycles. The molecule has 4 aromatic rings. The minimum absolute atomic E-state index is 0.104. The van der Waals surface area contributed by atoms with Crippen LogP contribution in [0.1, 0.15) is 18.5 Å². The Labute approximate surface area is 199 Å². The van der Waals surface area contributed by atoms with Gasteiger partial charge in [-0.2, -0.15) is 5.10 Å². The van der Waals surface area contributed by atoms with Crippen molar-refractivity contribution in [3.8, 4) is 28.5 Å². The average Bonchev–Trinajstić information content (AvgIpc) is 3.27. The van der Waals surface area contributed by atoms with Crippen LogP contribution in [0, 0.1) is 0 Å². The van der Waals surface area contributed by atoms with Crippen molar-refractivity contribution in [1.82, 2.24) is 15.1 Å². The lowest BCUT2D eigenvalue weighted by Crippen LogP contribution is -2.33. The van der Waals surface area contributed by atoms with E-state index in [4.69, 9.17) is 19.3 Å². The Bertz CT molecular complexity index is 1280. The predicted octanol–water partition coefficient (Wildman–Crippen LogP) is 4.65. The Balaban J connectivity index is 1.51. The van der Waals surface area contributed by atoms with Gasteiger partial charge in [0, 0.05) is 23.1 Å². The Morgan fingerprint density at radius 2 is 1.62 bits per heavy atom. The molecule has 34 heavy (non-hydrogen) atoms. The first-order valence-electron chi connectivity index (χ1n) is 11.2. The van der Waals surface area contributed by atoms with Crippen LogP contribution in [0.4, 0.5) is 0 Å². The number of benzene rings is 3. The molecule has 0 bridgehead atoms. The Hall–Kier alpha value is -4.00. The van der Waals surface area contributed by atoms with Crippen LogP contribution in [0.15, 0.2) is 66.7 Å². The smallest absolute Gasteiger partial charge is 0.244 e. The summed E-state index contributed by atoms with van der Waals surface area (Å²) in [6, 6.07) is 21.3. The molecular weight excluding hydrogens is 430 g/mol. The topological polar surface area (TPSA) is 74.6 Å². The lowest BCUT2D eigenvalue weighted by atomic mass is 10.1.